The molecule has 6 heteroatoms. The van der Waals surface area contributed by atoms with Crippen LogP contribution in [0.1, 0.15) is 16.0 Å². The van der Waals surface area contributed by atoms with Gasteiger partial charge in [0.15, 0.2) is 0 Å². The van der Waals surface area contributed by atoms with Gasteiger partial charge in [-0.05, 0) is 29.5 Å². The number of hydrogen-bond donors (Lipinski definition) is 2. The molecule has 0 aliphatic rings. The molecule has 2 N–H and O–H groups in total. The second-order valence-corrected chi connectivity index (χ2v) is 5.83. The number of aryl methyl sites for hydroxylation is 1. The van der Waals surface area contributed by atoms with Crippen LogP contribution in [0.5, 0.6) is 0 Å². The second-order valence-electron chi connectivity index (χ2n) is 4.83. The molecule has 0 saturated carbocycles. The molecule has 0 aliphatic carbocycles. The third-order valence-electron chi connectivity index (χ3n) is 3.16. The fraction of sp³-hybridized carbons (Fsp3) is 0.250. The SMILES string of the molecule is Cc1ccsc1C[C@@H](NC(=O)OCc1ccccc1)C(=O)O. The van der Waals surface area contributed by atoms with E-state index >= 15 is 0 Å². The first kappa shape index (κ1) is 16.0. The molecule has 116 valence electrons. The number of thiophene rings is 1. The van der Waals surface area contributed by atoms with E-state index in [1.165, 1.54) is 11.3 Å². The van der Waals surface area contributed by atoms with Crippen molar-refractivity contribution >= 4 is 23.4 Å². The highest BCUT2D eigenvalue weighted by molar-refractivity contribution is 7.10. The smallest absolute Gasteiger partial charge is 0.408 e. The number of carboxylic acids is 1. The van der Waals surface area contributed by atoms with Crippen LogP contribution >= 0.6 is 11.3 Å². The molecule has 1 aromatic heterocycles. The lowest BCUT2D eigenvalue weighted by Gasteiger charge is -2.14. The van der Waals surface area contributed by atoms with E-state index in [1.807, 2.05) is 48.7 Å². The maximum Gasteiger partial charge on any atom is 0.408 e. The molecule has 2 aromatic rings. The van der Waals surface area contributed by atoms with Crippen LogP contribution in [-0.2, 0) is 22.6 Å². The van der Waals surface area contributed by atoms with Gasteiger partial charge in [-0.2, -0.15) is 0 Å². The van der Waals surface area contributed by atoms with Gasteiger partial charge in [0.2, 0.25) is 0 Å². The minimum Gasteiger partial charge on any atom is -0.480 e. The minimum atomic E-state index is -1.08. The van der Waals surface area contributed by atoms with E-state index in [0.29, 0.717) is 0 Å². The number of benzene rings is 1. The maximum atomic E-state index is 11.8. The number of nitrogens with one attached hydrogen (secondary N) is 1. The zero-order chi connectivity index (χ0) is 15.9. The summed E-state index contributed by atoms with van der Waals surface area (Å²) in [5, 5.41) is 13.5. The maximum absolute atomic E-state index is 11.8. The van der Waals surface area contributed by atoms with Crippen molar-refractivity contribution in [2.45, 2.75) is 26.0 Å². The van der Waals surface area contributed by atoms with Crippen molar-refractivity contribution in [1.29, 1.82) is 0 Å². The third-order valence-corrected chi connectivity index (χ3v) is 4.21. The van der Waals surface area contributed by atoms with Crippen molar-refractivity contribution in [3.8, 4) is 0 Å². The Kier molecular flexibility index (Phi) is 5.55. The summed E-state index contributed by atoms with van der Waals surface area (Å²) < 4.78 is 5.05. The summed E-state index contributed by atoms with van der Waals surface area (Å²) in [7, 11) is 0. The van der Waals surface area contributed by atoms with Gasteiger partial charge in [0, 0.05) is 11.3 Å². The van der Waals surface area contributed by atoms with E-state index in [0.717, 1.165) is 16.0 Å². The lowest BCUT2D eigenvalue weighted by atomic mass is 10.1. The Morgan fingerprint density at radius 2 is 2.00 bits per heavy atom. The summed E-state index contributed by atoms with van der Waals surface area (Å²) in [5.41, 5.74) is 1.87. The van der Waals surface area contributed by atoms with Crippen LogP contribution in [0.15, 0.2) is 41.8 Å². The van der Waals surface area contributed by atoms with Gasteiger partial charge in [0.25, 0.3) is 0 Å². The molecule has 1 heterocycles. The highest BCUT2D eigenvalue weighted by atomic mass is 32.1. The van der Waals surface area contributed by atoms with E-state index < -0.39 is 18.1 Å². The molecule has 0 radical (unpaired) electrons. The second kappa shape index (κ2) is 7.61. The van der Waals surface area contributed by atoms with Crippen LogP contribution in [0, 0.1) is 6.92 Å². The molecule has 0 aliphatic heterocycles. The summed E-state index contributed by atoms with van der Waals surface area (Å²) >= 11 is 1.48. The van der Waals surface area contributed by atoms with Gasteiger partial charge in [-0.1, -0.05) is 30.3 Å². The van der Waals surface area contributed by atoms with Crippen molar-refractivity contribution in [3.05, 3.63) is 57.8 Å². The van der Waals surface area contributed by atoms with Crippen molar-refractivity contribution in [2.75, 3.05) is 0 Å². The Morgan fingerprint density at radius 1 is 1.27 bits per heavy atom. The molecule has 5 nitrogen and oxygen atoms in total. The largest absolute Gasteiger partial charge is 0.480 e. The van der Waals surface area contributed by atoms with E-state index in [-0.39, 0.29) is 13.0 Å². The average molecular weight is 319 g/mol. The molecule has 1 aromatic carbocycles. The summed E-state index contributed by atoms with van der Waals surface area (Å²) in [6.07, 6.45) is -0.482. The van der Waals surface area contributed by atoms with Crippen LogP contribution < -0.4 is 5.32 Å². The lowest BCUT2D eigenvalue weighted by Crippen LogP contribution is -2.42. The zero-order valence-electron chi connectivity index (χ0n) is 12.1. The molecule has 0 fully saturated rings. The van der Waals surface area contributed by atoms with Crippen LogP contribution in [0.2, 0.25) is 0 Å². The Hall–Kier alpha value is -2.34. The Bertz CT molecular complexity index is 639. The van der Waals surface area contributed by atoms with Crippen molar-refractivity contribution in [2.24, 2.45) is 0 Å². The minimum absolute atomic E-state index is 0.108. The van der Waals surface area contributed by atoms with Crippen LogP contribution in [0.25, 0.3) is 0 Å². The number of carboxylic acid groups (broad SMARTS) is 1. The molecule has 1 atom stereocenters. The lowest BCUT2D eigenvalue weighted by molar-refractivity contribution is -0.139. The first-order valence-electron chi connectivity index (χ1n) is 6.79. The van der Waals surface area contributed by atoms with Gasteiger partial charge < -0.3 is 15.2 Å². The van der Waals surface area contributed by atoms with Crippen molar-refractivity contribution < 1.29 is 19.4 Å². The van der Waals surface area contributed by atoms with Crippen LogP contribution in [0.4, 0.5) is 4.79 Å². The number of alkyl carbamates (subject to hydrolysis) is 1. The number of aliphatic carboxylic acids is 1. The van der Waals surface area contributed by atoms with Gasteiger partial charge in [0.1, 0.15) is 12.6 Å². The first-order chi connectivity index (χ1) is 10.6. The number of amides is 1. The number of carbonyl (C=O) groups excluding carboxylic acids is 1. The molecule has 0 saturated heterocycles. The van der Waals surface area contributed by atoms with Crippen LogP contribution in [0.3, 0.4) is 0 Å². The normalized spacial score (nSPS) is 11.7. The van der Waals surface area contributed by atoms with E-state index in [1.54, 1.807) is 0 Å². The Balaban J connectivity index is 1.89. The predicted molar refractivity (Wildman–Crippen MR) is 83.9 cm³/mol. The zero-order valence-corrected chi connectivity index (χ0v) is 12.9. The summed E-state index contributed by atoms with van der Waals surface area (Å²) in [6, 6.07) is 10.1. The highest BCUT2D eigenvalue weighted by Crippen LogP contribution is 2.17. The van der Waals surface area contributed by atoms with E-state index in [4.69, 9.17) is 4.74 Å². The monoisotopic (exact) mass is 319 g/mol. The number of rotatable bonds is 6. The van der Waals surface area contributed by atoms with Gasteiger partial charge >= 0.3 is 12.1 Å². The Labute approximate surface area is 132 Å². The number of ether oxygens (including phenoxy) is 1. The van der Waals surface area contributed by atoms with Crippen molar-refractivity contribution in [1.82, 2.24) is 5.32 Å². The van der Waals surface area contributed by atoms with Gasteiger partial charge in [-0.15, -0.1) is 11.3 Å². The molecule has 22 heavy (non-hydrogen) atoms. The van der Waals surface area contributed by atoms with E-state index in [9.17, 15) is 14.7 Å². The molecule has 0 unspecified atom stereocenters. The van der Waals surface area contributed by atoms with Crippen LogP contribution in [-0.4, -0.2) is 23.2 Å². The molecular weight excluding hydrogens is 302 g/mol. The van der Waals surface area contributed by atoms with Gasteiger partial charge in [0.05, 0.1) is 0 Å². The first-order valence-corrected chi connectivity index (χ1v) is 7.67. The summed E-state index contributed by atoms with van der Waals surface area (Å²) in [4.78, 5) is 24.0. The summed E-state index contributed by atoms with van der Waals surface area (Å²) in [6.45, 7) is 2.02. The molecule has 2 rings (SSSR count). The van der Waals surface area contributed by atoms with E-state index in [2.05, 4.69) is 5.32 Å². The fourth-order valence-corrected chi connectivity index (χ4v) is 2.86. The molecule has 0 spiro atoms. The predicted octanol–water partition coefficient (Wildman–Crippen LogP) is 2.98. The third kappa shape index (κ3) is 4.60. The number of hydrogen-bond acceptors (Lipinski definition) is 4. The fourth-order valence-electron chi connectivity index (χ4n) is 1.91. The van der Waals surface area contributed by atoms with Gasteiger partial charge in [-0.25, -0.2) is 9.59 Å². The average Bonchev–Trinajstić information content (AvgIpc) is 2.91. The van der Waals surface area contributed by atoms with Gasteiger partial charge in [-0.3, -0.25) is 0 Å². The molecular formula is C16H17NO4S. The topological polar surface area (TPSA) is 75.6 Å². The van der Waals surface area contributed by atoms with Crippen molar-refractivity contribution in [3.63, 3.8) is 0 Å². The standard InChI is InChI=1S/C16H17NO4S/c1-11-7-8-22-14(11)9-13(15(18)19)17-16(20)21-10-12-5-3-2-4-6-12/h2-8,13H,9-10H2,1H3,(H,17,20)(H,18,19)/t13-/m1/s1. The molecule has 1 amide bonds. The summed E-state index contributed by atoms with van der Waals surface area (Å²) in [5.74, 6) is -1.08. The number of carbonyl (C=O) groups is 2. The quantitative estimate of drug-likeness (QED) is 0.858. The molecule has 0 bridgehead atoms. The Morgan fingerprint density at radius 3 is 2.59 bits per heavy atom. The highest BCUT2D eigenvalue weighted by Gasteiger charge is 2.22.